The SMILES string of the molecule is Cc1ccc2c(c1N1C=CN(C)C1)C(C)(C)c1cccnc1-2. The third-order valence-electron chi connectivity index (χ3n) is 4.90. The molecule has 0 atom stereocenters. The van der Waals surface area contributed by atoms with E-state index in [0.29, 0.717) is 0 Å². The third-order valence-corrected chi connectivity index (χ3v) is 4.90. The molecular weight excluding hydrogens is 270 g/mol. The molecule has 112 valence electrons. The van der Waals surface area contributed by atoms with Gasteiger partial charge in [0, 0.05) is 42.3 Å². The summed E-state index contributed by atoms with van der Waals surface area (Å²) in [6, 6.07) is 8.72. The van der Waals surface area contributed by atoms with Gasteiger partial charge in [0.25, 0.3) is 0 Å². The van der Waals surface area contributed by atoms with Crippen LogP contribution in [0.15, 0.2) is 42.9 Å². The van der Waals surface area contributed by atoms with Crippen molar-refractivity contribution >= 4 is 5.69 Å². The Hall–Kier alpha value is -2.29. The predicted molar refractivity (Wildman–Crippen MR) is 90.8 cm³/mol. The van der Waals surface area contributed by atoms with Crippen molar-refractivity contribution < 1.29 is 0 Å². The highest BCUT2D eigenvalue weighted by Crippen LogP contribution is 2.52. The molecule has 0 saturated carbocycles. The first-order chi connectivity index (χ1) is 10.5. The average molecular weight is 291 g/mol. The van der Waals surface area contributed by atoms with Crippen LogP contribution in [0.4, 0.5) is 5.69 Å². The monoisotopic (exact) mass is 291 g/mol. The molecule has 1 aliphatic carbocycles. The summed E-state index contributed by atoms with van der Waals surface area (Å²) in [5.74, 6) is 0. The van der Waals surface area contributed by atoms with Crippen molar-refractivity contribution in [2.24, 2.45) is 0 Å². The van der Waals surface area contributed by atoms with E-state index in [4.69, 9.17) is 0 Å². The van der Waals surface area contributed by atoms with Crippen LogP contribution in [0.3, 0.4) is 0 Å². The maximum atomic E-state index is 4.66. The Bertz CT molecular complexity index is 789. The molecule has 4 rings (SSSR count). The summed E-state index contributed by atoms with van der Waals surface area (Å²) in [5.41, 5.74) is 7.79. The van der Waals surface area contributed by atoms with E-state index in [9.17, 15) is 0 Å². The molecule has 0 saturated heterocycles. The molecule has 22 heavy (non-hydrogen) atoms. The minimum Gasteiger partial charge on any atom is -0.361 e. The van der Waals surface area contributed by atoms with Crippen LogP contribution >= 0.6 is 0 Å². The minimum atomic E-state index is -0.0186. The zero-order valence-corrected chi connectivity index (χ0v) is 13.6. The molecule has 3 nitrogen and oxygen atoms in total. The van der Waals surface area contributed by atoms with Gasteiger partial charge in [-0.05, 0) is 29.7 Å². The van der Waals surface area contributed by atoms with Crippen molar-refractivity contribution in [2.45, 2.75) is 26.2 Å². The standard InChI is InChI=1S/C19H21N3/c1-13-7-8-14-16(18(13)22-11-10-21(4)12-22)19(2,3)15-6-5-9-20-17(14)15/h5-11H,12H2,1-4H3. The van der Waals surface area contributed by atoms with Crippen LogP contribution in [0.5, 0.6) is 0 Å². The topological polar surface area (TPSA) is 19.4 Å². The first kappa shape index (κ1) is 13.4. The Morgan fingerprint density at radius 1 is 1.14 bits per heavy atom. The smallest absolute Gasteiger partial charge is 0.0939 e. The summed E-state index contributed by atoms with van der Waals surface area (Å²) < 4.78 is 0. The van der Waals surface area contributed by atoms with Gasteiger partial charge in [-0.1, -0.05) is 32.0 Å². The van der Waals surface area contributed by atoms with Gasteiger partial charge in [-0.2, -0.15) is 0 Å². The largest absolute Gasteiger partial charge is 0.361 e. The van der Waals surface area contributed by atoms with Gasteiger partial charge in [0.1, 0.15) is 0 Å². The Kier molecular flexibility index (Phi) is 2.65. The highest BCUT2D eigenvalue weighted by atomic mass is 15.3. The summed E-state index contributed by atoms with van der Waals surface area (Å²) in [7, 11) is 2.11. The predicted octanol–water partition coefficient (Wildman–Crippen LogP) is 3.88. The van der Waals surface area contributed by atoms with Gasteiger partial charge >= 0.3 is 0 Å². The lowest BCUT2D eigenvalue weighted by Gasteiger charge is -2.29. The van der Waals surface area contributed by atoms with E-state index in [1.54, 1.807) is 0 Å². The van der Waals surface area contributed by atoms with E-state index in [1.807, 2.05) is 12.3 Å². The molecule has 1 aliphatic heterocycles. The molecule has 2 heterocycles. The number of benzene rings is 1. The van der Waals surface area contributed by atoms with Gasteiger partial charge in [-0.3, -0.25) is 4.98 Å². The maximum Gasteiger partial charge on any atom is 0.0939 e. The van der Waals surface area contributed by atoms with Crippen molar-refractivity contribution in [1.82, 2.24) is 9.88 Å². The highest BCUT2D eigenvalue weighted by molar-refractivity contribution is 5.85. The summed E-state index contributed by atoms with van der Waals surface area (Å²) in [5, 5.41) is 0. The van der Waals surface area contributed by atoms with Crippen molar-refractivity contribution in [3.63, 3.8) is 0 Å². The van der Waals surface area contributed by atoms with Crippen LogP contribution < -0.4 is 4.90 Å². The number of fused-ring (bicyclic) bond motifs is 3. The lowest BCUT2D eigenvalue weighted by Crippen LogP contribution is -2.26. The molecule has 1 aromatic carbocycles. The van der Waals surface area contributed by atoms with Crippen molar-refractivity contribution in [1.29, 1.82) is 0 Å². The van der Waals surface area contributed by atoms with E-state index < -0.39 is 0 Å². The lowest BCUT2D eigenvalue weighted by atomic mass is 9.81. The highest BCUT2D eigenvalue weighted by Gasteiger charge is 2.40. The lowest BCUT2D eigenvalue weighted by molar-refractivity contribution is 0.494. The summed E-state index contributed by atoms with van der Waals surface area (Å²) >= 11 is 0. The van der Waals surface area contributed by atoms with Gasteiger partial charge in [-0.25, -0.2) is 0 Å². The number of pyridine rings is 1. The molecule has 0 radical (unpaired) electrons. The normalized spacial score (nSPS) is 17.8. The molecule has 0 bridgehead atoms. The van der Waals surface area contributed by atoms with E-state index in [0.717, 1.165) is 12.4 Å². The zero-order valence-electron chi connectivity index (χ0n) is 13.6. The Labute approximate surface area is 131 Å². The van der Waals surface area contributed by atoms with E-state index in [-0.39, 0.29) is 5.41 Å². The van der Waals surface area contributed by atoms with Crippen LogP contribution in [-0.2, 0) is 5.41 Å². The van der Waals surface area contributed by atoms with E-state index in [2.05, 4.69) is 73.2 Å². The second kappa shape index (κ2) is 4.35. The summed E-state index contributed by atoms with van der Waals surface area (Å²) in [6.07, 6.45) is 6.20. The summed E-state index contributed by atoms with van der Waals surface area (Å²) in [4.78, 5) is 9.21. The number of aromatic nitrogens is 1. The Morgan fingerprint density at radius 2 is 1.95 bits per heavy atom. The average Bonchev–Trinajstić information content (AvgIpc) is 3.01. The number of rotatable bonds is 1. The third kappa shape index (κ3) is 1.65. The zero-order chi connectivity index (χ0) is 15.5. The van der Waals surface area contributed by atoms with Gasteiger partial charge in [-0.15, -0.1) is 0 Å². The Morgan fingerprint density at radius 3 is 2.68 bits per heavy atom. The maximum absolute atomic E-state index is 4.66. The molecule has 0 amide bonds. The molecule has 0 fully saturated rings. The first-order valence-electron chi connectivity index (χ1n) is 7.75. The van der Waals surface area contributed by atoms with Crippen LogP contribution in [0.1, 0.15) is 30.5 Å². The molecular formula is C19H21N3. The fourth-order valence-corrected chi connectivity index (χ4v) is 3.83. The van der Waals surface area contributed by atoms with Crippen LogP contribution in [0.25, 0.3) is 11.3 Å². The van der Waals surface area contributed by atoms with Crippen molar-refractivity contribution in [3.05, 3.63) is 59.6 Å². The van der Waals surface area contributed by atoms with Crippen molar-refractivity contribution in [3.8, 4) is 11.3 Å². The molecule has 0 unspecified atom stereocenters. The van der Waals surface area contributed by atoms with Gasteiger partial charge in [0.05, 0.1) is 12.4 Å². The van der Waals surface area contributed by atoms with Gasteiger partial charge in [0.15, 0.2) is 0 Å². The molecule has 2 aromatic rings. The molecule has 0 spiro atoms. The number of aryl methyl sites for hydroxylation is 1. The first-order valence-corrected chi connectivity index (χ1v) is 7.75. The molecule has 0 N–H and O–H groups in total. The van der Waals surface area contributed by atoms with Crippen LogP contribution in [0.2, 0.25) is 0 Å². The van der Waals surface area contributed by atoms with Crippen LogP contribution in [0, 0.1) is 6.92 Å². The fraction of sp³-hybridized carbons (Fsp3) is 0.316. The second-order valence-electron chi connectivity index (χ2n) is 6.84. The molecule has 3 heteroatoms. The molecule has 1 aromatic heterocycles. The number of nitrogens with zero attached hydrogens (tertiary/aromatic N) is 3. The number of anilines is 1. The van der Waals surface area contributed by atoms with E-state index >= 15 is 0 Å². The Balaban J connectivity index is 2.00. The second-order valence-corrected chi connectivity index (χ2v) is 6.84. The number of hydrogen-bond donors (Lipinski definition) is 0. The van der Waals surface area contributed by atoms with Crippen molar-refractivity contribution in [2.75, 3.05) is 18.6 Å². The molecule has 2 aliphatic rings. The van der Waals surface area contributed by atoms with Gasteiger partial charge in [0.2, 0.25) is 0 Å². The van der Waals surface area contributed by atoms with Gasteiger partial charge < -0.3 is 9.80 Å². The van der Waals surface area contributed by atoms with E-state index in [1.165, 1.54) is 27.9 Å². The summed E-state index contributed by atoms with van der Waals surface area (Å²) in [6.45, 7) is 7.73. The van der Waals surface area contributed by atoms with Crippen LogP contribution in [-0.4, -0.2) is 23.6 Å². The fourth-order valence-electron chi connectivity index (χ4n) is 3.83. The quantitative estimate of drug-likeness (QED) is 0.795. The minimum absolute atomic E-state index is 0.0186. The number of hydrogen-bond acceptors (Lipinski definition) is 3.